The summed E-state index contributed by atoms with van der Waals surface area (Å²) in [6.07, 6.45) is 11.1. The zero-order valence-corrected chi connectivity index (χ0v) is 15.3. The molecule has 1 N–H and O–H groups in total. The molecule has 0 aliphatic carbocycles. The van der Waals surface area contributed by atoms with Crippen LogP contribution < -0.4 is 5.32 Å². The van der Waals surface area contributed by atoms with E-state index in [-0.39, 0.29) is 30.2 Å². The number of hydrogen-bond acceptors (Lipinski definition) is 4. The maximum Gasteiger partial charge on any atom is 0.226 e. The summed E-state index contributed by atoms with van der Waals surface area (Å²) in [5, 5.41) is 7.16. The van der Waals surface area contributed by atoms with Crippen molar-refractivity contribution in [2.75, 3.05) is 13.1 Å². The molecule has 27 heavy (non-hydrogen) atoms. The van der Waals surface area contributed by atoms with Crippen molar-refractivity contribution in [2.45, 2.75) is 25.3 Å². The van der Waals surface area contributed by atoms with Gasteiger partial charge in [-0.25, -0.2) is 0 Å². The van der Waals surface area contributed by atoms with Gasteiger partial charge in [0.2, 0.25) is 11.8 Å². The van der Waals surface area contributed by atoms with Crippen molar-refractivity contribution in [2.24, 2.45) is 13.0 Å². The van der Waals surface area contributed by atoms with Crippen molar-refractivity contribution in [1.29, 1.82) is 0 Å². The molecule has 4 rings (SSSR count). The first kappa shape index (κ1) is 17.5. The van der Waals surface area contributed by atoms with E-state index < -0.39 is 0 Å². The summed E-state index contributed by atoms with van der Waals surface area (Å²) in [6, 6.07) is 3.77. The predicted molar refractivity (Wildman–Crippen MR) is 100 cm³/mol. The van der Waals surface area contributed by atoms with E-state index in [1.54, 1.807) is 23.3 Å². The number of aryl methyl sites for hydroxylation is 1. The predicted octanol–water partition coefficient (Wildman–Crippen LogP) is 1.70. The van der Waals surface area contributed by atoms with Crippen LogP contribution in [0.4, 0.5) is 0 Å². The van der Waals surface area contributed by atoms with Gasteiger partial charge in [-0.05, 0) is 36.1 Å². The molecule has 4 heterocycles. The molecule has 2 amide bonds. The average Bonchev–Trinajstić information content (AvgIpc) is 3.14. The van der Waals surface area contributed by atoms with Crippen molar-refractivity contribution in [3.8, 4) is 0 Å². The molecule has 140 valence electrons. The average molecular weight is 365 g/mol. The summed E-state index contributed by atoms with van der Waals surface area (Å²) < 4.78 is 1.71. The largest absolute Gasteiger partial charge is 0.349 e. The molecule has 0 spiro atoms. The number of pyridine rings is 1. The highest BCUT2D eigenvalue weighted by Gasteiger charge is 2.35. The molecule has 0 aromatic carbocycles. The van der Waals surface area contributed by atoms with E-state index in [1.165, 1.54) is 0 Å². The molecule has 2 aromatic rings. The smallest absolute Gasteiger partial charge is 0.226 e. The zero-order valence-electron chi connectivity index (χ0n) is 15.3. The van der Waals surface area contributed by atoms with Gasteiger partial charge in [0.15, 0.2) is 0 Å². The summed E-state index contributed by atoms with van der Waals surface area (Å²) in [7, 11) is 1.84. The first-order chi connectivity index (χ1) is 13.1. The monoisotopic (exact) mass is 365 g/mol. The maximum absolute atomic E-state index is 13.1. The Balaban J connectivity index is 1.47. The third-order valence-electron chi connectivity index (χ3n) is 5.28. The summed E-state index contributed by atoms with van der Waals surface area (Å²) in [6.45, 7) is 1.28. The molecular formula is C20H23N5O2. The number of carbonyl (C=O) groups excluding carboxylic acids is 2. The van der Waals surface area contributed by atoms with Gasteiger partial charge < -0.3 is 10.2 Å². The summed E-state index contributed by atoms with van der Waals surface area (Å²) in [5.41, 5.74) is 3.18. The van der Waals surface area contributed by atoms with Crippen LogP contribution in [0.2, 0.25) is 0 Å². The Morgan fingerprint density at radius 1 is 1.30 bits per heavy atom. The van der Waals surface area contributed by atoms with Crippen molar-refractivity contribution in [3.05, 3.63) is 54.1 Å². The number of carbonyl (C=O) groups is 2. The van der Waals surface area contributed by atoms with Crippen molar-refractivity contribution >= 4 is 17.4 Å². The summed E-state index contributed by atoms with van der Waals surface area (Å²) in [4.78, 5) is 31.3. The summed E-state index contributed by atoms with van der Waals surface area (Å²) in [5.74, 6) is -0.297. The third kappa shape index (κ3) is 3.77. The Labute approximate surface area is 158 Å². The van der Waals surface area contributed by atoms with Crippen LogP contribution in [-0.2, 0) is 16.6 Å². The molecule has 2 aliphatic rings. The van der Waals surface area contributed by atoms with Gasteiger partial charge in [-0.15, -0.1) is 0 Å². The van der Waals surface area contributed by atoms with E-state index >= 15 is 0 Å². The second kappa shape index (κ2) is 7.34. The Kier molecular flexibility index (Phi) is 4.75. The van der Waals surface area contributed by atoms with Gasteiger partial charge in [0.1, 0.15) is 0 Å². The SMILES string of the molecule is Cn1cc([C@@H]2C[C@H](C(=O)N3CCC=C(c4ccncc4)C3)CC(=O)N2)cn1. The lowest BCUT2D eigenvalue weighted by atomic mass is 9.87. The first-order valence-electron chi connectivity index (χ1n) is 9.26. The van der Waals surface area contributed by atoms with Gasteiger partial charge in [-0.1, -0.05) is 6.08 Å². The molecule has 1 saturated heterocycles. The zero-order chi connectivity index (χ0) is 18.8. The second-order valence-electron chi connectivity index (χ2n) is 7.22. The Bertz CT molecular complexity index is 874. The highest BCUT2D eigenvalue weighted by atomic mass is 16.2. The molecule has 2 aromatic heterocycles. The number of hydrogen-bond donors (Lipinski definition) is 1. The van der Waals surface area contributed by atoms with E-state index in [0.717, 1.165) is 23.1 Å². The minimum absolute atomic E-state index is 0.0680. The molecular weight excluding hydrogens is 342 g/mol. The first-order valence-corrected chi connectivity index (χ1v) is 9.26. The maximum atomic E-state index is 13.1. The molecule has 2 aliphatic heterocycles. The van der Waals surface area contributed by atoms with Gasteiger partial charge in [-0.2, -0.15) is 5.10 Å². The van der Waals surface area contributed by atoms with Crippen LogP contribution in [0.1, 0.15) is 36.4 Å². The molecule has 0 radical (unpaired) electrons. The van der Waals surface area contributed by atoms with E-state index in [9.17, 15) is 9.59 Å². The summed E-state index contributed by atoms with van der Waals surface area (Å²) >= 11 is 0. The van der Waals surface area contributed by atoms with Gasteiger partial charge in [0, 0.05) is 56.6 Å². The fraction of sp³-hybridized carbons (Fsp3) is 0.400. The lowest BCUT2D eigenvalue weighted by molar-refractivity contribution is -0.140. The number of nitrogens with one attached hydrogen (secondary N) is 1. The van der Waals surface area contributed by atoms with Crippen LogP contribution in [0.25, 0.3) is 5.57 Å². The normalized spacial score (nSPS) is 22.9. The van der Waals surface area contributed by atoms with Gasteiger partial charge in [0.25, 0.3) is 0 Å². The number of aromatic nitrogens is 3. The molecule has 7 nitrogen and oxygen atoms in total. The van der Waals surface area contributed by atoms with Crippen LogP contribution in [-0.4, -0.2) is 44.6 Å². The Morgan fingerprint density at radius 3 is 2.85 bits per heavy atom. The number of amides is 2. The molecule has 1 fully saturated rings. The van der Waals surface area contributed by atoms with E-state index in [1.807, 2.05) is 30.3 Å². The van der Waals surface area contributed by atoms with E-state index in [4.69, 9.17) is 0 Å². The van der Waals surface area contributed by atoms with Gasteiger partial charge in [-0.3, -0.25) is 19.3 Å². The Hall–Kier alpha value is -2.96. The van der Waals surface area contributed by atoms with Crippen molar-refractivity contribution in [1.82, 2.24) is 25.0 Å². The molecule has 2 atom stereocenters. The minimum Gasteiger partial charge on any atom is -0.349 e. The Morgan fingerprint density at radius 2 is 2.11 bits per heavy atom. The third-order valence-corrected chi connectivity index (χ3v) is 5.28. The molecule has 0 saturated carbocycles. The van der Waals surface area contributed by atoms with Crippen molar-refractivity contribution < 1.29 is 9.59 Å². The quantitative estimate of drug-likeness (QED) is 0.898. The van der Waals surface area contributed by atoms with E-state index in [2.05, 4.69) is 21.5 Å². The fourth-order valence-electron chi connectivity index (χ4n) is 3.90. The number of nitrogens with zero attached hydrogens (tertiary/aromatic N) is 4. The molecule has 7 heteroatoms. The highest BCUT2D eigenvalue weighted by Crippen LogP contribution is 2.30. The fourth-order valence-corrected chi connectivity index (χ4v) is 3.90. The number of piperidine rings is 1. The number of rotatable bonds is 3. The molecule has 0 bridgehead atoms. The van der Waals surface area contributed by atoms with E-state index in [0.29, 0.717) is 19.5 Å². The van der Waals surface area contributed by atoms with Crippen LogP contribution in [0.5, 0.6) is 0 Å². The van der Waals surface area contributed by atoms with Crippen LogP contribution in [0.15, 0.2) is 43.0 Å². The van der Waals surface area contributed by atoms with Crippen LogP contribution >= 0.6 is 0 Å². The van der Waals surface area contributed by atoms with Crippen molar-refractivity contribution in [3.63, 3.8) is 0 Å². The van der Waals surface area contributed by atoms with Crippen LogP contribution in [0.3, 0.4) is 0 Å². The van der Waals surface area contributed by atoms with Gasteiger partial charge in [0.05, 0.1) is 12.2 Å². The lowest BCUT2D eigenvalue weighted by Crippen LogP contribution is -2.45. The van der Waals surface area contributed by atoms with Gasteiger partial charge >= 0.3 is 0 Å². The highest BCUT2D eigenvalue weighted by molar-refractivity contribution is 5.88. The molecule has 0 unspecified atom stereocenters. The minimum atomic E-state index is -0.291. The lowest BCUT2D eigenvalue weighted by Gasteiger charge is -2.34. The standard InChI is InChI=1S/C20H23N5O2/c1-24-12-17(11-22-24)18-9-16(10-19(26)23-18)20(27)25-8-2-3-15(13-25)14-4-6-21-7-5-14/h3-7,11-12,16,18H,2,8-10,13H2,1H3,(H,23,26)/t16-,18-/m0/s1. The topological polar surface area (TPSA) is 80.1 Å². The second-order valence-corrected chi connectivity index (χ2v) is 7.22. The van der Waals surface area contributed by atoms with Crippen LogP contribution in [0, 0.1) is 5.92 Å².